The number of carbonyl (C=O) groups excluding carboxylic acids is 1. The molecule has 1 aliphatic carbocycles. The van der Waals surface area contributed by atoms with E-state index in [1.807, 2.05) is 0 Å². The van der Waals surface area contributed by atoms with Gasteiger partial charge < -0.3 is 15.7 Å². The Labute approximate surface area is 111 Å². The molecule has 1 amide bonds. The van der Waals surface area contributed by atoms with Crippen LogP contribution in [-0.4, -0.2) is 35.1 Å². The maximum Gasteiger partial charge on any atom is 0.326 e. The minimum Gasteiger partial charge on any atom is -0.480 e. The van der Waals surface area contributed by atoms with E-state index < -0.39 is 17.9 Å². The Morgan fingerprint density at radius 3 is 2.74 bits per heavy atom. The zero-order valence-corrected chi connectivity index (χ0v) is 11.0. The van der Waals surface area contributed by atoms with E-state index in [-0.39, 0.29) is 5.56 Å². The Morgan fingerprint density at radius 1 is 1.47 bits per heavy atom. The van der Waals surface area contributed by atoms with Crippen LogP contribution in [0.3, 0.4) is 0 Å². The van der Waals surface area contributed by atoms with Crippen LogP contribution in [0.2, 0.25) is 0 Å². The highest BCUT2D eigenvalue weighted by Gasteiger charge is 2.25. The number of nitrogens with two attached hydrogens (primary N) is 1. The van der Waals surface area contributed by atoms with Crippen LogP contribution in [0.25, 0.3) is 0 Å². The highest BCUT2D eigenvalue weighted by molar-refractivity contribution is 5.98. The van der Waals surface area contributed by atoms with Gasteiger partial charge in [-0.1, -0.05) is 0 Å². The summed E-state index contributed by atoms with van der Waals surface area (Å²) in [6.45, 7) is 1.54. The van der Waals surface area contributed by atoms with Crippen molar-refractivity contribution < 1.29 is 14.7 Å². The summed E-state index contributed by atoms with van der Waals surface area (Å²) in [5, 5.41) is 9.05. The molecule has 2 rings (SSSR count). The van der Waals surface area contributed by atoms with Crippen LogP contribution in [-0.2, 0) is 17.6 Å². The topological polar surface area (TPSA) is 96.5 Å². The number of anilines is 1. The van der Waals surface area contributed by atoms with E-state index in [4.69, 9.17) is 10.8 Å². The van der Waals surface area contributed by atoms with Crippen molar-refractivity contribution in [1.29, 1.82) is 0 Å². The molecule has 1 heterocycles. The fourth-order valence-electron chi connectivity index (χ4n) is 2.26. The van der Waals surface area contributed by atoms with Crippen LogP contribution in [0, 0.1) is 0 Å². The molecule has 6 nitrogen and oxygen atoms in total. The quantitative estimate of drug-likeness (QED) is 0.828. The van der Waals surface area contributed by atoms with Crippen molar-refractivity contribution >= 4 is 17.7 Å². The number of aliphatic carboxylic acids is 1. The van der Waals surface area contributed by atoms with E-state index in [0.717, 1.165) is 30.5 Å². The smallest absolute Gasteiger partial charge is 0.326 e. The maximum atomic E-state index is 11.5. The number of carboxylic acid groups (broad SMARTS) is 1. The first-order chi connectivity index (χ1) is 8.91. The third-order valence-electron chi connectivity index (χ3n) is 3.57. The lowest BCUT2D eigenvalue weighted by Gasteiger charge is -2.25. The second-order valence-corrected chi connectivity index (χ2v) is 4.81. The van der Waals surface area contributed by atoms with Crippen molar-refractivity contribution in [1.82, 2.24) is 4.98 Å². The Bertz CT molecular complexity index is 542. The SMILES string of the molecule is CC(C(=O)O)N(C)c1nc2c(cc1C(N)=O)CCC2. The number of rotatable bonds is 4. The number of aryl methyl sites for hydroxylation is 2. The fraction of sp³-hybridized carbons (Fsp3) is 0.462. The zero-order valence-electron chi connectivity index (χ0n) is 11.0. The van der Waals surface area contributed by atoms with Crippen molar-refractivity contribution in [3.63, 3.8) is 0 Å². The standard InChI is InChI=1S/C13H17N3O3/c1-7(13(18)19)16(2)12-9(11(14)17)6-8-4-3-5-10(8)15-12/h6-7H,3-5H2,1-2H3,(H2,14,17)(H,18,19). The Balaban J connectivity index is 2.49. The van der Waals surface area contributed by atoms with Gasteiger partial charge in [-0.15, -0.1) is 0 Å². The number of pyridine rings is 1. The van der Waals surface area contributed by atoms with E-state index >= 15 is 0 Å². The van der Waals surface area contributed by atoms with Crippen molar-refractivity contribution in [3.05, 3.63) is 22.9 Å². The molecule has 6 heteroatoms. The molecule has 19 heavy (non-hydrogen) atoms. The average molecular weight is 263 g/mol. The first-order valence-electron chi connectivity index (χ1n) is 6.20. The number of carbonyl (C=O) groups is 2. The summed E-state index contributed by atoms with van der Waals surface area (Å²) in [6, 6.07) is 0.975. The van der Waals surface area contributed by atoms with Gasteiger partial charge in [0.25, 0.3) is 5.91 Å². The molecule has 1 aliphatic rings. The summed E-state index contributed by atoms with van der Waals surface area (Å²) in [7, 11) is 1.61. The first kappa shape index (κ1) is 13.3. The second-order valence-electron chi connectivity index (χ2n) is 4.81. The lowest BCUT2D eigenvalue weighted by molar-refractivity contribution is -0.138. The van der Waals surface area contributed by atoms with Gasteiger partial charge in [-0.05, 0) is 37.8 Å². The maximum absolute atomic E-state index is 11.5. The van der Waals surface area contributed by atoms with Gasteiger partial charge in [-0.3, -0.25) is 4.79 Å². The van der Waals surface area contributed by atoms with Gasteiger partial charge in [0.2, 0.25) is 0 Å². The van der Waals surface area contributed by atoms with Crippen LogP contribution < -0.4 is 10.6 Å². The van der Waals surface area contributed by atoms with Crippen molar-refractivity contribution in [2.75, 3.05) is 11.9 Å². The summed E-state index contributed by atoms with van der Waals surface area (Å²) in [6.07, 6.45) is 2.75. The number of nitrogens with zero attached hydrogens (tertiary/aromatic N) is 2. The van der Waals surface area contributed by atoms with Gasteiger partial charge >= 0.3 is 5.97 Å². The number of fused-ring (bicyclic) bond motifs is 1. The predicted molar refractivity (Wildman–Crippen MR) is 70.3 cm³/mol. The molecular weight excluding hydrogens is 246 g/mol. The lowest BCUT2D eigenvalue weighted by Crippen LogP contribution is -2.38. The number of carboxylic acids is 1. The number of amides is 1. The molecule has 0 aliphatic heterocycles. The van der Waals surface area contributed by atoms with Gasteiger partial charge in [-0.2, -0.15) is 0 Å². The highest BCUT2D eigenvalue weighted by Crippen LogP contribution is 2.27. The molecule has 102 valence electrons. The Kier molecular flexibility index (Phi) is 3.42. The zero-order chi connectivity index (χ0) is 14.2. The van der Waals surface area contributed by atoms with Crippen LogP contribution in [0.15, 0.2) is 6.07 Å². The van der Waals surface area contributed by atoms with Crippen LogP contribution in [0.4, 0.5) is 5.82 Å². The lowest BCUT2D eigenvalue weighted by atomic mass is 10.1. The van der Waals surface area contributed by atoms with Gasteiger partial charge in [0, 0.05) is 12.7 Å². The number of primary amides is 1. The average Bonchev–Trinajstić information content (AvgIpc) is 2.82. The molecule has 0 saturated carbocycles. The molecule has 1 aromatic heterocycles. The predicted octanol–water partition coefficient (Wildman–Crippen LogP) is 0.579. The molecular formula is C13H17N3O3. The van der Waals surface area contributed by atoms with Crippen LogP contribution in [0.5, 0.6) is 0 Å². The fourth-order valence-corrected chi connectivity index (χ4v) is 2.26. The van der Waals surface area contributed by atoms with Crippen molar-refractivity contribution in [2.45, 2.75) is 32.2 Å². The van der Waals surface area contributed by atoms with Gasteiger partial charge in [0.15, 0.2) is 0 Å². The molecule has 0 fully saturated rings. The summed E-state index contributed by atoms with van der Waals surface area (Å²) in [5.74, 6) is -1.20. The molecule has 3 N–H and O–H groups in total. The molecule has 1 unspecified atom stereocenters. The second kappa shape index (κ2) is 4.87. The molecule has 0 spiro atoms. The number of likely N-dealkylation sites (N-methyl/N-ethyl adjacent to an activating group) is 1. The van der Waals surface area contributed by atoms with E-state index in [9.17, 15) is 9.59 Å². The third-order valence-corrected chi connectivity index (χ3v) is 3.57. The minimum atomic E-state index is -0.972. The molecule has 0 aromatic carbocycles. The minimum absolute atomic E-state index is 0.288. The molecule has 0 bridgehead atoms. The molecule has 0 radical (unpaired) electrons. The van der Waals surface area contributed by atoms with Gasteiger partial charge in [0.1, 0.15) is 11.9 Å². The normalized spacial score (nSPS) is 14.8. The third kappa shape index (κ3) is 2.38. The van der Waals surface area contributed by atoms with Crippen molar-refractivity contribution in [2.24, 2.45) is 5.73 Å². The van der Waals surface area contributed by atoms with Gasteiger partial charge in [0.05, 0.1) is 5.56 Å². The van der Waals surface area contributed by atoms with E-state index in [2.05, 4.69) is 4.98 Å². The molecule has 1 atom stereocenters. The monoisotopic (exact) mass is 263 g/mol. The van der Waals surface area contributed by atoms with Crippen molar-refractivity contribution in [3.8, 4) is 0 Å². The van der Waals surface area contributed by atoms with E-state index in [1.165, 1.54) is 4.90 Å². The molecule has 0 saturated heterocycles. The first-order valence-corrected chi connectivity index (χ1v) is 6.20. The largest absolute Gasteiger partial charge is 0.480 e. The summed E-state index contributed by atoms with van der Waals surface area (Å²) in [4.78, 5) is 28.5. The summed E-state index contributed by atoms with van der Waals surface area (Å²) >= 11 is 0. The van der Waals surface area contributed by atoms with Gasteiger partial charge in [-0.25, -0.2) is 9.78 Å². The summed E-state index contributed by atoms with van der Waals surface area (Å²) in [5.41, 5.74) is 7.63. The number of aromatic nitrogens is 1. The van der Waals surface area contributed by atoms with E-state index in [0.29, 0.717) is 5.82 Å². The van der Waals surface area contributed by atoms with Crippen LogP contribution >= 0.6 is 0 Å². The summed E-state index contributed by atoms with van der Waals surface area (Å²) < 4.78 is 0. The number of hydrogen-bond donors (Lipinski definition) is 2. The molecule has 1 aromatic rings. The van der Waals surface area contributed by atoms with E-state index in [1.54, 1.807) is 20.0 Å². The highest BCUT2D eigenvalue weighted by atomic mass is 16.4. The Hall–Kier alpha value is -2.11. The van der Waals surface area contributed by atoms with Crippen LogP contribution in [0.1, 0.15) is 35.0 Å². The Morgan fingerprint density at radius 2 is 2.16 bits per heavy atom. The number of hydrogen-bond acceptors (Lipinski definition) is 4.